The number of amides is 1. The highest BCUT2D eigenvalue weighted by atomic mass is 19.1. The van der Waals surface area contributed by atoms with Crippen LogP contribution in [0, 0.1) is 11.6 Å². The second kappa shape index (κ2) is 4.89. The lowest BCUT2D eigenvalue weighted by Gasteiger charge is -2.33. The van der Waals surface area contributed by atoms with Gasteiger partial charge in [0.1, 0.15) is 5.82 Å². The maximum atomic E-state index is 13.7. The van der Waals surface area contributed by atoms with E-state index in [0.29, 0.717) is 19.8 Å². The fraction of sp³-hybridized carbons (Fsp3) is 0.417. The van der Waals surface area contributed by atoms with Gasteiger partial charge in [0.15, 0.2) is 5.82 Å². The zero-order valence-corrected chi connectivity index (χ0v) is 9.95. The van der Waals surface area contributed by atoms with Crippen LogP contribution in [0.2, 0.25) is 0 Å². The van der Waals surface area contributed by atoms with E-state index in [1.807, 2.05) is 0 Å². The van der Waals surface area contributed by atoms with Crippen LogP contribution in [0.25, 0.3) is 0 Å². The Labute approximate surface area is 103 Å². The van der Waals surface area contributed by atoms with Crippen molar-refractivity contribution in [1.29, 1.82) is 0 Å². The van der Waals surface area contributed by atoms with Gasteiger partial charge in [0.25, 0.3) is 5.91 Å². The Morgan fingerprint density at radius 1 is 1.50 bits per heavy atom. The van der Waals surface area contributed by atoms with E-state index in [9.17, 15) is 13.6 Å². The second-order valence-corrected chi connectivity index (χ2v) is 4.28. The number of morpholine rings is 1. The number of hydrogen-bond acceptors (Lipinski definition) is 3. The molecule has 0 bridgehead atoms. The molecule has 0 radical (unpaired) electrons. The zero-order chi connectivity index (χ0) is 13.3. The van der Waals surface area contributed by atoms with Gasteiger partial charge in [-0.15, -0.1) is 0 Å². The highest BCUT2D eigenvalue weighted by molar-refractivity contribution is 5.95. The number of nitrogens with two attached hydrogens (primary N) is 1. The second-order valence-electron chi connectivity index (χ2n) is 4.28. The number of halogens is 2. The predicted octanol–water partition coefficient (Wildman–Crippen LogP) is 1.41. The molecule has 0 unspecified atom stereocenters. The van der Waals surface area contributed by atoms with Crippen LogP contribution in [-0.4, -0.2) is 36.6 Å². The van der Waals surface area contributed by atoms with Gasteiger partial charge >= 0.3 is 0 Å². The van der Waals surface area contributed by atoms with Crippen molar-refractivity contribution < 1.29 is 18.3 Å². The minimum Gasteiger partial charge on any atom is -0.396 e. The first-order chi connectivity index (χ1) is 8.50. The van der Waals surface area contributed by atoms with Crippen LogP contribution >= 0.6 is 0 Å². The van der Waals surface area contributed by atoms with Crippen molar-refractivity contribution in [3.8, 4) is 0 Å². The van der Waals surface area contributed by atoms with Crippen molar-refractivity contribution in [2.45, 2.75) is 13.0 Å². The average Bonchev–Trinajstić information content (AvgIpc) is 2.33. The molecule has 1 fully saturated rings. The number of nitrogen functional groups attached to an aromatic ring is 1. The Kier molecular flexibility index (Phi) is 3.47. The first-order valence-electron chi connectivity index (χ1n) is 5.64. The van der Waals surface area contributed by atoms with Crippen LogP contribution in [0.5, 0.6) is 0 Å². The van der Waals surface area contributed by atoms with E-state index in [0.717, 1.165) is 12.1 Å². The Morgan fingerprint density at radius 3 is 2.89 bits per heavy atom. The smallest absolute Gasteiger partial charge is 0.257 e. The number of ether oxygens (including phenoxy) is 1. The van der Waals surface area contributed by atoms with Crippen molar-refractivity contribution >= 4 is 11.6 Å². The Bertz CT molecular complexity index is 479. The maximum absolute atomic E-state index is 13.7. The summed E-state index contributed by atoms with van der Waals surface area (Å²) in [4.78, 5) is 13.6. The van der Waals surface area contributed by atoms with Gasteiger partial charge in [-0.1, -0.05) is 0 Å². The normalized spacial score (nSPS) is 19.9. The average molecular weight is 256 g/mol. The number of carbonyl (C=O) groups excluding carboxylic acids is 1. The van der Waals surface area contributed by atoms with Gasteiger partial charge in [-0.05, 0) is 19.1 Å². The number of hydrogen-bond donors (Lipinski definition) is 1. The van der Waals surface area contributed by atoms with Gasteiger partial charge in [-0.3, -0.25) is 4.79 Å². The van der Waals surface area contributed by atoms with E-state index < -0.39 is 17.5 Å². The largest absolute Gasteiger partial charge is 0.396 e. The third-order valence-electron chi connectivity index (χ3n) is 2.92. The molecule has 1 saturated heterocycles. The number of anilines is 1. The van der Waals surface area contributed by atoms with Gasteiger partial charge in [0.2, 0.25) is 0 Å². The van der Waals surface area contributed by atoms with E-state index in [2.05, 4.69) is 0 Å². The van der Waals surface area contributed by atoms with Crippen molar-refractivity contribution in [2.75, 3.05) is 25.5 Å². The molecule has 0 saturated carbocycles. The molecule has 0 aromatic heterocycles. The van der Waals surface area contributed by atoms with Crippen LogP contribution < -0.4 is 5.73 Å². The van der Waals surface area contributed by atoms with E-state index >= 15 is 0 Å². The number of benzene rings is 1. The molecule has 98 valence electrons. The first-order valence-corrected chi connectivity index (χ1v) is 5.64. The molecule has 2 rings (SSSR count). The lowest BCUT2D eigenvalue weighted by atomic mass is 10.1. The lowest BCUT2D eigenvalue weighted by molar-refractivity contribution is 0.00333. The molecule has 1 aromatic rings. The van der Waals surface area contributed by atoms with E-state index in [1.165, 1.54) is 4.90 Å². The van der Waals surface area contributed by atoms with E-state index in [-0.39, 0.29) is 17.3 Å². The molecular weight excluding hydrogens is 242 g/mol. The number of rotatable bonds is 1. The number of nitrogens with zero attached hydrogens (tertiary/aromatic N) is 1. The van der Waals surface area contributed by atoms with Crippen LogP contribution in [-0.2, 0) is 4.74 Å². The van der Waals surface area contributed by atoms with Gasteiger partial charge in [-0.2, -0.15) is 0 Å². The van der Waals surface area contributed by atoms with Crippen LogP contribution in [0.1, 0.15) is 17.3 Å². The van der Waals surface area contributed by atoms with Crippen molar-refractivity contribution in [1.82, 2.24) is 4.90 Å². The summed E-state index contributed by atoms with van der Waals surface area (Å²) in [7, 11) is 0. The summed E-state index contributed by atoms with van der Waals surface area (Å²) in [6.45, 7) is 2.92. The fourth-order valence-corrected chi connectivity index (χ4v) is 1.95. The summed E-state index contributed by atoms with van der Waals surface area (Å²) in [6.07, 6.45) is 0. The Balaban J connectivity index is 2.33. The SMILES string of the molecule is C[C@@H]1COCCN1C(=O)c1cc(F)cc(N)c1F. The van der Waals surface area contributed by atoms with Gasteiger partial charge in [-0.25, -0.2) is 8.78 Å². The molecule has 1 heterocycles. The van der Waals surface area contributed by atoms with Crippen molar-refractivity contribution in [2.24, 2.45) is 0 Å². The minimum atomic E-state index is -0.875. The molecule has 1 aromatic carbocycles. The summed E-state index contributed by atoms with van der Waals surface area (Å²) in [5, 5.41) is 0. The molecule has 4 nitrogen and oxygen atoms in total. The molecule has 6 heteroatoms. The molecule has 0 spiro atoms. The Morgan fingerprint density at radius 2 is 2.22 bits per heavy atom. The summed E-state index contributed by atoms with van der Waals surface area (Å²) in [6, 6.07) is 1.56. The minimum absolute atomic E-state index is 0.171. The molecule has 1 atom stereocenters. The molecule has 1 amide bonds. The third-order valence-corrected chi connectivity index (χ3v) is 2.92. The predicted molar refractivity (Wildman–Crippen MR) is 62.1 cm³/mol. The quantitative estimate of drug-likeness (QED) is 0.773. The monoisotopic (exact) mass is 256 g/mol. The molecule has 0 aliphatic carbocycles. The summed E-state index contributed by atoms with van der Waals surface area (Å²) >= 11 is 0. The molecule has 18 heavy (non-hydrogen) atoms. The van der Waals surface area contributed by atoms with Gasteiger partial charge < -0.3 is 15.4 Å². The van der Waals surface area contributed by atoms with E-state index in [1.54, 1.807) is 6.92 Å². The van der Waals surface area contributed by atoms with Gasteiger partial charge in [0, 0.05) is 6.54 Å². The summed E-state index contributed by atoms with van der Waals surface area (Å²) < 4.78 is 32.1. The maximum Gasteiger partial charge on any atom is 0.257 e. The summed E-state index contributed by atoms with van der Waals surface area (Å²) in [5.74, 6) is -2.16. The van der Waals surface area contributed by atoms with Crippen LogP contribution in [0.15, 0.2) is 12.1 Å². The van der Waals surface area contributed by atoms with Gasteiger partial charge in [0.05, 0.1) is 30.5 Å². The standard InChI is InChI=1S/C12H14F2N2O2/c1-7-6-18-3-2-16(7)12(17)9-4-8(13)5-10(15)11(9)14/h4-5,7H,2-3,6,15H2,1H3/t7-/m1/s1. The fourth-order valence-electron chi connectivity index (χ4n) is 1.95. The Hall–Kier alpha value is -1.69. The summed E-state index contributed by atoms with van der Waals surface area (Å²) in [5.41, 5.74) is 4.62. The first kappa shape index (κ1) is 12.8. The highest BCUT2D eigenvalue weighted by Gasteiger charge is 2.27. The lowest BCUT2D eigenvalue weighted by Crippen LogP contribution is -2.47. The topological polar surface area (TPSA) is 55.6 Å². The highest BCUT2D eigenvalue weighted by Crippen LogP contribution is 2.20. The van der Waals surface area contributed by atoms with Crippen molar-refractivity contribution in [3.05, 3.63) is 29.3 Å². The molecule has 1 aliphatic rings. The third kappa shape index (κ3) is 2.28. The van der Waals surface area contributed by atoms with Crippen LogP contribution in [0.4, 0.5) is 14.5 Å². The van der Waals surface area contributed by atoms with Crippen LogP contribution in [0.3, 0.4) is 0 Å². The zero-order valence-electron chi connectivity index (χ0n) is 9.95. The van der Waals surface area contributed by atoms with E-state index in [4.69, 9.17) is 10.5 Å². The van der Waals surface area contributed by atoms with Crippen molar-refractivity contribution in [3.63, 3.8) is 0 Å². The number of carbonyl (C=O) groups is 1. The molecule has 2 N–H and O–H groups in total. The molecule has 1 aliphatic heterocycles. The molecular formula is C12H14F2N2O2.